The molecule has 0 atom stereocenters. The molecule has 2 heterocycles. The van der Waals surface area contributed by atoms with Crippen molar-refractivity contribution in [3.05, 3.63) is 63.9 Å². The molecular formula is C22H23ClN2O2. The summed E-state index contributed by atoms with van der Waals surface area (Å²) >= 11 is 5.97. The summed E-state index contributed by atoms with van der Waals surface area (Å²) in [7, 11) is 0. The van der Waals surface area contributed by atoms with Gasteiger partial charge in [-0.05, 0) is 68.3 Å². The third-order valence-corrected chi connectivity index (χ3v) is 5.76. The summed E-state index contributed by atoms with van der Waals surface area (Å²) in [4.78, 5) is 17.2. The fraction of sp³-hybridized carbons (Fsp3) is 0.318. The van der Waals surface area contributed by atoms with Crippen molar-refractivity contribution >= 4 is 34.2 Å². The largest absolute Gasteiger partial charge is 0.451 e. The van der Waals surface area contributed by atoms with E-state index in [1.807, 2.05) is 42.2 Å². The van der Waals surface area contributed by atoms with Crippen molar-refractivity contribution in [3.8, 4) is 0 Å². The lowest BCUT2D eigenvalue weighted by Crippen LogP contribution is -2.48. The number of furan rings is 1. The maximum atomic E-state index is 13.0. The van der Waals surface area contributed by atoms with Gasteiger partial charge in [-0.3, -0.25) is 4.79 Å². The number of hydrogen-bond donors (Lipinski definition) is 0. The number of nitrogens with zero attached hydrogens (tertiary/aromatic N) is 2. The molecule has 0 bridgehead atoms. The van der Waals surface area contributed by atoms with Crippen LogP contribution in [0.3, 0.4) is 0 Å². The topological polar surface area (TPSA) is 36.7 Å². The van der Waals surface area contributed by atoms with Gasteiger partial charge < -0.3 is 14.2 Å². The Morgan fingerprint density at radius 2 is 1.59 bits per heavy atom. The smallest absolute Gasteiger partial charge is 0.290 e. The number of hydrogen-bond acceptors (Lipinski definition) is 3. The monoisotopic (exact) mass is 382 g/mol. The van der Waals surface area contributed by atoms with Crippen LogP contribution in [0.2, 0.25) is 5.02 Å². The van der Waals surface area contributed by atoms with Crippen molar-refractivity contribution in [1.82, 2.24) is 4.90 Å². The molecular weight excluding hydrogens is 360 g/mol. The number of piperazine rings is 1. The minimum absolute atomic E-state index is 0.0187. The van der Waals surface area contributed by atoms with Gasteiger partial charge in [0.1, 0.15) is 5.58 Å². The molecule has 140 valence electrons. The van der Waals surface area contributed by atoms with Gasteiger partial charge in [0.15, 0.2) is 5.76 Å². The molecule has 4 rings (SSSR count). The van der Waals surface area contributed by atoms with Gasteiger partial charge in [-0.2, -0.15) is 0 Å². The molecule has 1 fully saturated rings. The van der Waals surface area contributed by atoms with E-state index in [9.17, 15) is 4.79 Å². The van der Waals surface area contributed by atoms with Gasteiger partial charge in [0.25, 0.3) is 5.91 Å². The molecule has 0 radical (unpaired) electrons. The first-order valence-corrected chi connectivity index (χ1v) is 9.62. The Kier molecular flexibility index (Phi) is 4.60. The van der Waals surface area contributed by atoms with Gasteiger partial charge in [0.05, 0.1) is 0 Å². The van der Waals surface area contributed by atoms with Crippen LogP contribution in [0.15, 0.2) is 40.8 Å². The molecule has 1 aromatic heterocycles. The normalized spacial score (nSPS) is 14.8. The summed E-state index contributed by atoms with van der Waals surface area (Å²) in [6.45, 7) is 9.06. The lowest BCUT2D eigenvalue weighted by Gasteiger charge is -2.35. The van der Waals surface area contributed by atoms with Crippen LogP contribution < -0.4 is 4.90 Å². The van der Waals surface area contributed by atoms with Crippen molar-refractivity contribution < 1.29 is 9.21 Å². The summed E-state index contributed by atoms with van der Waals surface area (Å²) in [5, 5.41) is 1.76. The van der Waals surface area contributed by atoms with E-state index < -0.39 is 0 Å². The van der Waals surface area contributed by atoms with Crippen LogP contribution in [-0.4, -0.2) is 37.0 Å². The highest BCUT2D eigenvalue weighted by atomic mass is 35.5. The summed E-state index contributed by atoms with van der Waals surface area (Å²) in [5.74, 6) is 0.449. The second-order valence-electron chi connectivity index (χ2n) is 7.24. The zero-order chi connectivity index (χ0) is 19.1. The second-order valence-corrected chi connectivity index (χ2v) is 7.68. The van der Waals surface area contributed by atoms with E-state index in [0.29, 0.717) is 18.8 Å². The van der Waals surface area contributed by atoms with E-state index in [0.717, 1.165) is 40.3 Å². The molecule has 5 heteroatoms. The number of carbonyl (C=O) groups excluding carboxylic acids is 1. The first-order chi connectivity index (χ1) is 12.9. The molecule has 4 nitrogen and oxygen atoms in total. The number of aryl methyl sites for hydroxylation is 3. The summed E-state index contributed by atoms with van der Waals surface area (Å²) in [6.07, 6.45) is 0. The SMILES string of the molecule is Cc1cc2oc(C(=O)N3CCN(c4ccc(Cl)cc4)CC3)c(C)c2cc1C. The first-order valence-electron chi connectivity index (χ1n) is 9.24. The maximum absolute atomic E-state index is 13.0. The zero-order valence-electron chi connectivity index (χ0n) is 15.9. The fourth-order valence-corrected chi connectivity index (χ4v) is 3.77. The highest BCUT2D eigenvalue weighted by Gasteiger charge is 2.27. The molecule has 0 spiro atoms. The highest BCUT2D eigenvalue weighted by Crippen LogP contribution is 2.29. The minimum atomic E-state index is -0.0187. The Labute approximate surface area is 164 Å². The molecule has 3 aromatic rings. The summed E-state index contributed by atoms with van der Waals surface area (Å²) in [6, 6.07) is 12.0. The number of anilines is 1. The van der Waals surface area contributed by atoms with Crippen LogP contribution in [-0.2, 0) is 0 Å². The first kappa shape index (κ1) is 17.9. The molecule has 2 aromatic carbocycles. The van der Waals surface area contributed by atoms with E-state index in [-0.39, 0.29) is 5.91 Å². The average Bonchev–Trinajstić information content (AvgIpc) is 2.98. The molecule has 0 unspecified atom stereocenters. The molecule has 1 saturated heterocycles. The quantitative estimate of drug-likeness (QED) is 0.627. The average molecular weight is 383 g/mol. The Morgan fingerprint density at radius 3 is 2.26 bits per heavy atom. The van der Waals surface area contributed by atoms with E-state index in [4.69, 9.17) is 16.0 Å². The number of fused-ring (bicyclic) bond motifs is 1. The van der Waals surface area contributed by atoms with E-state index in [1.165, 1.54) is 11.1 Å². The van der Waals surface area contributed by atoms with Crippen LogP contribution >= 0.6 is 11.6 Å². The van der Waals surface area contributed by atoms with Crippen LogP contribution in [0.4, 0.5) is 5.69 Å². The van der Waals surface area contributed by atoms with Gasteiger partial charge in [-0.15, -0.1) is 0 Å². The van der Waals surface area contributed by atoms with Crippen LogP contribution in [0, 0.1) is 20.8 Å². The number of benzene rings is 2. The fourth-order valence-electron chi connectivity index (χ4n) is 3.64. The Morgan fingerprint density at radius 1 is 0.963 bits per heavy atom. The van der Waals surface area contributed by atoms with Crippen molar-refractivity contribution in [1.29, 1.82) is 0 Å². The van der Waals surface area contributed by atoms with Crippen molar-refractivity contribution in [3.63, 3.8) is 0 Å². The standard InChI is InChI=1S/C22H23ClN2O2/c1-14-12-19-16(3)21(27-20(19)13-15(14)2)22(26)25-10-8-24(9-11-25)18-6-4-17(23)5-7-18/h4-7,12-13H,8-11H2,1-3H3. The minimum Gasteiger partial charge on any atom is -0.451 e. The van der Waals surface area contributed by atoms with Crippen LogP contribution in [0.5, 0.6) is 0 Å². The van der Waals surface area contributed by atoms with Gasteiger partial charge in [0.2, 0.25) is 0 Å². The van der Waals surface area contributed by atoms with Crippen LogP contribution in [0.25, 0.3) is 11.0 Å². The zero-order valence-corrected chi connectivity index (χ0v) is 16.6. The van der Waals surface area contributed by atoms with Gasteiger partial charge in [-0.25, -0.2) is 0 Å². The van der Waals surface area contributed by atoms with Crippen molar-refractivity contribution in [2.75, 3.05) is 31.1 Å². The summed E-state index contributed by atoms with van der Waals surface area (Å²) < 4.78 is 5.95. The van der Waals surface area contributed by atoms with E-state index in [2.05, 4.69) is 24.8 Å². The van der Waals surface area contributed by atoms with E-state index in [1.54, 1.807) is 0 Å². The van der Waals surface area contributed by atoms with Gasteiger partial charge in [0, 0.05) is 47.8 Å². The number of rotatable bonds is 2. The lowest BCUT2D eigenvalue weighted by atomic mass is 10.0. The number of halogens is 1. The Bertz CT molecular complexity index is 999. The Hall–Kier alpha value is -2.46. The predicted octanol–water partition coefficient (Wildman–Crippen LogP) is 4.97. The Balaban J connectivity index is 1.52. The van der Waals surface area contributed by atoms with Crippen LogP contribution in [0.1, 0.15) is 27.2 Å². The van der Waals surface area contributed by atoms with Crippen molar-refractivity contribution in [2.24, 2.45) is 0 Å². The van der Waals surface area contributed by atoms with Gasteiger partial charge in [-0.1, -0.05) is 11.6 Å². The molecule has 1 aliphatic heterocycles. The molecule has 1 amide bonds. The third-order valence-electron chi connectivity index (χ3n) is 5.51. The predicted molar refractivity (Wildman–Crippen MR) is 110 cm³/mol. The van der Waals surface area contributed by atoms with Gasteiger partial charge >= 0.3 is 0 Å². The molecule has 0 aliphatic carbocycles. The lowest BCUT2D eigenvalue weighted by molar-refractivity contribution is 0.0716. The number of carbonyl (C=O) groups is 1. The van der Waals surface area contributed by atoms with Crippen molar-refractivity contribution in [2.45, 2.75) is 20.8 Å². The maximum Gasteiger partial charge on any atom is 0.290 e. The molecule has 0 N–H and O–H groups in total. The highest BCUT2D eigenvalue weighted by molar-refractivity contribution is 6.30. The van der Waals surface area contributed by atoms with E-state index >= 15 is 0 Å². The summed E-state index contributed by atoms with van der Waals surface area (Å²) in [5.41, 5.74) is 5.24. The second kappa shape index (κ2) is 6.93. The molecule has 0 saturated carbocycles. The molecule has 27 heavy (non-hydrogen) atoms. The molecule has 1 aliphatic rings. The number of amides is 1. The third kappa shape index (κ3) is 3.30.